The van der Waals surface area contributed by atoms with Crippen LogP contribution in [0.25, 0.3) is 0 Å². The molecule has 0 unspecified atom stereocenters. The number of benzene rings is 1. The summed E-state index contributed by atoms with van der Waals surface area (Å²) in [5, 5.41) is 7.82. The van der Waals surface area contributed by atoms with E-state index in [1.54, 1.807) is 30.3 Å². The third-order valence-electron chi connectivity index (χ3n) is 4.50. The Labute approximate surface area is 146 Å². The van der Waals surface area contributed by atoms with Gasteiger partial charge in [0.1, 0.15) is 0 Å². The van der Waals surface area contributed by atoms with Gasteiger partial charge in [-0.3, -0.25) is 9.59 Å². The summed E-state index contributed by atoms with van der Waals surface area (Å²) in [7, 11) is 0. The van der Waals surface area contributed by atoms with E-state index in [9.17, 15) is 9.59 Å². The van der Waals surface area contributed by atoms with Gasteiger partial charge in [-0.25, -0.2) is 0 Å². The summed E-state index contributed by atoms with van der Waals surface area (Å²) in [4.78, 5) is 25.0. The normalized spacial score (nSPS) is 20.4. The van der Waals surface area contributed by atoms with E-state index in [1.807, 2.05) is 11.4 Å². The number of thiophene rings is 1. The number of amides is 2. The second-order valence-corrected chi connectivity index (χ2v) is 7.39. The van der Waals surface area contributed by atoms with Gasteiger partial charge in [0.25, 0.3) is 11.8 Å². The van der Waals surface area contributed by atoms with Gasteiger partial charge in [-0.2, -0.15) is 0 Å². The van der Waals surface area contributed by atoms with Crippen LogP contribution >= 0.6 is 11.3 Å². The monoisotopic (exact) mass is 342 g/mol. The summed E-state index contributed by atoms with van der Waals surface area (Å²) in [6.45, 7) is 2.27. The minimum absolute atomic E-state index is 0.0364. The Morgan fingerprint density at radius 3 is 2.33 bits per heavy atom. The average Bonchev–Trinajstić information content (AvgIpc) is 3.12. The molecule has 1 aliphatic carbocycles. The van der Waals surface area contributed by atoms with Gasteiger partial charge in [-0.05, 0) is 67.3 Å². The van der Waals surface area contributed by atoms with Gasteiger partial charge in [0.2, 0.25) is 0 Å². The van der Waals surface area contributed by atoms with Crippen LogP contribution in [0.1, 0.15) is 52.6 Å². The zero-order valence-electron chi connectivity index (χ0n) is 13.7. The Kier molecular flexibility index (Phi) is 5.30. The molecule has 0 atom stereocenters. The molecule has 2 amide bonds. The minimum atomic E-state index is -0.126. The number of hydrogen-bond acceptors (Lipinski definition) is 3. The van der Waals surface area contributed by atoms with E-state index in [0.29, 0.717) is 16.1 Å². The molecule has 126 valence electrons. The van der Waals surface area contributed by atoms with Crippen molar-refractivity contribution in [3.63, 3.8) is 0 Å². The van der Waals surface area contributed by atoms with Crippen molar-refractivity contribution in [3.05, 3.63) is 52.2 Å². The first-order valence-corrected chi connectivity index (χ1v) is 9.25. The van der Waals surface area contributed by atoms with E-state index in [4.69, 9.17) is 0 Å². The molecule has 24 heavy (non-hydrogen) atoms. The highest BCUT2D eigenvalue weighted by molar-refractivity contribution is 7.12. The maximum absolute atomic E-state index is 12.3. The number of nitrogens with one attached hydrogen (secondary N) is 2. The molecule has 1 heterocycles. The minimum Gasteiger partial charge on any atom is -0.349 e. The van der Waals surface area contributed by atoms with E-state index in [2.05, 4.69) is 17.6 Å². The van der Waals surface area contributed by atoms with Crippen LogP contribution in [-0.2, 0) is 0 Å². The number of anilines is 1. The summed E-state index contributed by atoms with van der Waals surface area (Å²) in [6, 6.07) is 11.0. The van der Waals surface area contributed by atoms with Gasteiger partial charge in [-0.1, -0.05) is 13.0 Å². The SMILES string of the molecule is CC1CCC(NC(=O)c2ccc(NC(=O)c3cccs3)cc2)CC1. The van der Waals surface area contributed by atoms with Crippen molar-refractivity contribution in [1.82, 2.24) is 5.32 Å². The lowest BCUT2D eigenvalue weighted by atomic mass is 9.87. The Bertz CT molecular complexity index is 687. The molecule has 0 spiro atoms. The Morgan fingerprint density at radius 1 is 1.00 bits per heavy atom. The second-order valence-electron chi connectivity index (χ2n) is 6.44. The van der Waals surface area contributed by atoms with Crippen LogP contribution in [0, 0.1) is 5.92 Å². The van der Waals surface area contributed by atoms with Gasteiger partial charge in [0.15, 0.2) is 0 Å². The van der Waals surface area contributed by atoms with Crippen LogP contribution in [0.2, 0.25) is 0 Å². The lowest BCUT2D eigenvalue weighted by molar-refractivity contribution is 0.0922. The summed E-state index contributed by atoms with van der Waals surface area (Å²) < 4.78 is 0. The van der Waals surface area contributed by atoms with Crippen LogP contribution in [-0.4, -0.2) is 17.9 Å². The predicted molar refractivity (Wildman–Crippen MR) is 97.6 cm³/mol. The van der Waals surface area contributed by atoms with E-state index < -0.39 is 0 Å². The molecular weight excluding hydrogens is 320 g/mol. The fourth-order valence-corrected chi connectivity index (χ4v) is 3.60. The highest BCUT2D eigenvalue weighted by Crippen LogP contribution is 2.23. The van der Waals surface area contributed by atoms with Crippen molar-refractivity contribution in [2.24, 2.45) is 5.92 Å². The van der Waals surface area contributed by atoms with E-state index in [-0.39, 0.29) is 17.9 Å². The van der Waals surface area contributed by atoms with Gasteiger partial charge < -0.3 is 10.6 Å². The topological polar surface area (TPSA) is 58.2 Å². The summed E-state index contributed by atoms with van der Waals surface area (Å²) >= 11 is 1.40. The maximum atomic E-state index is 12.3. The summed E-state index contributed by atoms with van der Waals surface area (Å²) in [5.41, 5.74) is 1.32. The quantitative estimate of drug-likeness (QED) is 0.870. The van der Waals surface area contributed by atoms with Gasteiger partial charge in [0, 0.05) is 17.3 Å². The lowest BCUT2D eigenvalue weighted by Crippen LogP contribution is -2.37. The largest absolute Gasteiger partial charge is 0.349 e. The van der Waals surface area contributed by atoms with E-state index in [0.717, 1.165) is 18.8 Å². The molecule has 2 N–H and O–H groups in total. The number of carbonyl (C=O) groups excluding carboxylic acids is 2. The Hall–Kier alpha value is -2.14. The van der Waals surface area contributed by atoms with Crippen LogP contribution in [0.15, 0.2) is 41.8 Å². The fraction of sp³-hybridized carbons (Fsp3) is 0.368. The van der Waals surface area contributed by atoms with Crippen LogP contribution < -0.4 is 10.6 Å². The molecule has 3 rings (SSSR count). The maximum Gasteiger partial charge on any atom is 0.265 e. The first-order chi connectivity index (χ1) is 11.6. The smallest absolute Gasteiger partial charge is 0.265 e. The first kappa shape index (κ1) is 16.7. The molecule has 1 saturated carbocycles. The van der Waals surface area contributed by atoms with Crippen LogP contribution in [0.3, 0.4) is 0 Å². The number of rotatable bonds is 4. The molecule has 1 aromatic heterocycles. The van der Waals surface area contributed by atoms with Crippen molar-refractivity contribution in [2.45, 2.75) is 38.6 Å². The zero-order chi connectivity index (χ0) is 16.9. The molecule has 2 aromatic rings. The predicted octanol–water partition coefficient (Wildman–Crippen LogP) is 4.31. The molecule has 0 aliphatic heterocycles. The molecule has 0 bridgehead atoms. The molecule has 5 heteroatoms. The second kappa shape index (κ2) is 7.62. The van der Waals surface area contributed by atoms with E-state index in [1.165, 1.54) is 24.2 Å². The molecule has 1 aromatic carbocycles. The first-order valence-electron chi connectivity index (χ1n) is 8.37. The van der Waals surface area contributed by atoms with Crippen molar-refractivity contribution in [1.29, 1.82) is 0 Å². The third kappa shape index (κ3) is 4.23. The van der Waals surface area contributed by atoms with E-state index >= 15 is 0 Å². The molecule has 1 aliphatic rings. The third-order valence-corrected chi connectivity index (χ3v) is 5.37. The highest BCUT2D eigenvalue weighted by Gasteiger charge is 2.20. The van der Waals surface area contributed by atoms with Crippen molar-refractivity contribution in [3.8, 4) is 0 Å². The van der Waals surface area contributed by atoms with Crippen LogP contribution in [0.4, 0.5) is 5.69 Å². The standard InChI is InChI=1S/C19H22N2O2S/c1-13-4-8-15(9-5-13)20-18(22)14-6-10-16(11-7-14)21-19(23)17-3-2-12-24-17/h2-3,6-7,10-13,15H,4-5,8-9H2,1H3,(H,20,22)(H,21,23). The van der Waals surface area contributed by atoms with Gasteiger partial charge >= 0.3 is 0 Å². The van der Waals surface area contributed by atoms with Crippen molar-refractivity contribution < 1.29 is 9.59 Å². The van der Waals surface area contributed by atoms with Gasteiger partial charge in [0.05, 0.1) is 4.88 Å². The summed E-state index contributed by atoms with van der Waals surface area (Å²) in [6.07, 6.45) is 4.47. The summed E-state index contributed by atoms with van der Waals surface area (Å²) in [5.74, 6) is 0.605. The lowest BCUT2D eigenvalue weighted by Gasteiger charge is -2.26. The van der Waals surface area contributed by atoms with Gasteiger partial charge in [-0.15, -0.1) is 11.3 Å². The van der Waals surface area contributed by atoms with Crippen molar-refractivity contribution in [2.75, 3.05) is 5.32 Å². The zero-order valence-corrected chi connectivity index (χ0v) is 14.6. The molecule has 4 nitrogen and oxygen atoms in total. The Balaban J connectivity index is 1.55. The van der Waals surface area contributed by atoms with Crippen molar-refractivity contribution >= 4 is 28.8 Å². The molecule has 1 fully saturated rings. The number of carbonyl (C=O) groups is 2. The molecule has 0 saturated heterocycles. The fourth-order valence-electron chi connectivity index (χ4n) is 2.98. The Morgan fingerprint density at radius 2 is 1.71 bits per heavy atom. The number of hydrogen-bond donors (Lipinski definition) is 2. The average molecular weight is 342 g/mol. The molecular formula is C19H22N2O2S. The molecule has 0 radical (unpaired) electrons. The highest BCUT2D eigenvalue weighted by atomic mass is 32.1. The van der Waals surface area contributed by atoms with Crippen LogP contribution in [0.5, 0.6) is 0 Å².